The van der Waals surface area contributed by atoms with E-state index in [1.54, 1.807) is 0 Å². The van der Waals surface area contributed by atoms with E-state index in [0.29, 0.717) is 5.92 Å². The zero-order valence-corrected chi connectivity index (χ0v) is 12.6. The van der Waals surface area contributed by atoms with Crippen LogP contribution in [-0.4, -0.2) is 12.0 Å². The van der Waals surface area contributed by atoms with Gasteiger partial charge in [-0.15, -0.1) is 11.6 Å². The zero-order chi connectivity index (χ0) is 12.4. The second-order valence-corrected chi connectivity index (χ2v) is 6.23. The smallest absolute Gasteiger partial charge is 0.125 e. The van der Waals surface area contributed by atoms with E-state index >= 15 is 0 Å². The highest BCUT2D eigenvalue weighted by molar-refractivity contribution is 9.10. The number of alkyl halides is 1. The van der Waals surface area contributed by atoms with Crippen molar-refractivity contribution >= 4 is 27.5 Å². The van der Waals surface area contributed by atoms with Crippen molar-refractivity contribution < 1.29 is 4.74 Å². The van der Waals surface area contributed by atoms with Crippen LogP contribution in [0.15, 0.2) is 16.6 Å². The lowest BCUT2D eigenvalue weighted by atomic mass is 9.94. The van der Waals surface area contributed by atoms with E-state index in [9.17, 15) is 0 Å². The minimum Gasteiger partial charge on any atom is -0.493 e. The van der Waals surface area contributed by atoms with Gasteiger partial charge in [-0.05, 0) is 42.0 Å². The molecule has 94 valence electrons. The van der Waals surface area contributed by atoms with Gasteiger partial charge in [-0.3, -0.25) is 0 Å². The minimum absolute atomic E-state index is 0.242. The average Bonchev–Trinajstić information content (AvgIpc) is 2.75. The highest BCUT2D eigenvalue weighted by Gasteiger charge is 2.21. The van der Waals surface area contributed by atoms with Crippen molar-refractivity contribution in [2.45, 2.75) is 38.5 Å². The van der Waals surface area contributed by atoms with Crippen LogP contribution in [0.5, 0.6) is 5.75 Å². The number of rotatable bonds is 4. The Morgan fingerprint density at radius 1 is 1.47 bits per heavy atom. The first-order valence-corrected chi connectivity index (χ1v) is 7.43. The number of hydrogen-bond donors (Lipinski definition) is 0. The summed E-state index contributed by atoms with van der Waals surface area (Å²) in [5.74, 6) is 1.57. The van der Waals surface area contributed by atoms with Gasteiger partial charge in [0.25, 0.3) is 0 Å². The Kier molecular flexibility index (Phi) is 4.37. The van der Waals surface area contributed by atoms with Crippen LogP contribution in [0.4, 0.5) is 0 Å². The molecule has 1 nitrogen and oxygen atoms in total. The predicted molar refractivity (Wildman–Crippen MR) is 76.1 cm³/mol. The zero-order valence-electron chi connectivity index (χ0n) is 10.3. The van der Waals surface area contributed by atoms with E-state index in [0.717, 1.165) is 36.1 Å². The quantitative estimate of drug-likeness (QED) is 0.739. The maximum atomic E-state index is 6.30. The van der Waals surface area contributed by atoms with Crippen LogP contribution in [0.1, 0.15) is 31.4 Å². The van der Waals surface area contributed by atoms with Crippen LogP contribution in [-0.2, 0) is 12.8 Å². The minimum atomic E-state index is 0.242. The fraction of sp³-hybridized carbons (Fsp3) is 0.571. The molecule has 0 saturated heterocycles. The summed E-state index contributed by atoms with van der Waals surface area (Å²) in [7, 11) is 0. The van der Waals surface area contributed by atoms with Gasteiger partial charge in [0.2, 0.25) is 0 Å². The Morgan fingerprint density at radius 3 is 2.94 bits per heavy atom. The highest BCUT2D eigenvalue weighted by Crippen LogP contribution is 2.35. The van der Waals surface area contributed by atoms with E-state index in [4.69, 9.17) is 16.3 Å². The van der Waals surface area contributed by atoms with Crippen molar-refractivity contribution in [3.63, 3.8) is 0 Å². The molecule has 1 aromatic carbocycles. The third-order valence-electron chi connectivity index (χ3n) is 3.37. The summed E-state index contributed by atoms with van der Waals surface area (Å²) in [6.45, 7) is 5.16. The molecule has 0 spiro atoms. The molecule has 0 amide bonds. The first-order chi connectivity index (χ1) is 8.11. The molecule has 0 fully saturated rings. The SMILES string of the molecule is CCC(Cl)C(C)Cc1cc(Br)cc2c1OCC2. The van der Waals surface area contributed by atoms with E-state index in [2.05, 4.69) is 41.9 Å². The topological polar surface area (TPSA) is 9.23 Å². The maximum Gasteiger partial charge on any atom is 0.125 e. The van der Waals surface area contributed by atoms with E-state index in [1.807, 2.05) is 0 Å². The molecule has 0 N–H and O–H groups in total. The molecule has 2 atom stereocenters. The van der Waals surface area contributed by atoms with Gasteiger partial charge >= 0.3 is 0 Å². The summed E-state index contributed by atoms with van der Waals surface area (Å²) in [5, 5.41) is 0.242. The number of hydrogen-bond acceptors (Lipinski definition) is 1. The molecule has 1 aliphatic rings. The standard InChI is InChI=1S/C14H18BrClO/c1-3-13(16)9(2)6-11-8-12(15)7-10-4-5-17-14(10)11/h7-9,13H,3-6H2,1-2H3. The van der Waals surface area contributed by atoms with Crippen molar-refractivity contribution in [2.24, 2.45) is 5.92 Å². The van der Waals surface area contributed by atoms with E-state index in [1.165, 1.54) is 11.1 Å². The predicted octanol–water partition coefficient (Wildman–Crippen LogP) is 4.58. The lowest BCUT2D eigenvalue weighted by molar-refractivity contribution is 0.351. The fourth-order valence-corrected chi connectivity index (χ4v) is 3.02. The van der Waals surface area contributed by atoms with Crippen molar-refractivity contribution in [3.8, 4) is 5.75 Å². The molecular weight excluding hydrogens is 300 g/mol. The van der Waals surface area contributed by atoms with Gasteiger partial charge in [-0.1, -0.05) is 29.8 Å². The van der Waals surface area contributed by atoms with E-state index in [-0.39, 0.29) is 5.38 Å². The number of fused-ring (bicyclic) bond motifs is 1. The third-order valence-corrected chi connectivity index (χ3v) is 4.57. The third kappa shape index (κ3) is 2.97. The van der Waals surface area contributed by atoms with Crippen molar-refractivity contribution in [2.75, 3.05) is 6.61 Å². The van der Waals surface area contributed by atoms with Crippen molar-refractivity contribution in [3.05, 3.63) is 27.7 Å². The molecule has 0 bridgehead atoms. The maximum absolute atomic E-state index is 6.30. The number of halogens is 2. The second kappa shape index (κ2) is 5.62. The Hall–Kier alpha value is -0.210. The molecule has 3 heteroatoms. The Bertz CT molecular complexity index is 405. The molecule has 17 heavy (non-hydrogen) atoms. The van der Waals surface area contributed by atoms with Crippen LogP contribution in [0.25, 0.3) is 0 Å². The van der Waals surface area contributed by atoms with Gasteiger partial charge in [0.05, 0.1) is 6.61 Å². The molecule has 0 radical (unpaired) electrons. The second-order valence-electron chi connectivity index (χ2n) is 4.76. The van der Waals surface area contributed by atoms with Crippen LogP contribution >= 0.6 is 27.5 Å². The largest absolute Gasteiger partial charge is 0.493 e. The lowest BCUT2D eigenvalue weighted by Crippen LogP contribution is -2.13. The average molecular weight is 318 g/mol. The summed E-state index contributed by atoms with van der Waals surface area (Å²) < 4.78 is 6.88. The Morgan fingerprint density at radius 2 is 2.24 bits per heavy atom. The van der Waals surface area contributed by atoms with Gasteiger partial charge in [0.1, 0.15) is 5.75 Å². The first kappa shape index (κ1) is 13.2. The van der Waals surface area contributed by atoms with Crippen molar-refractivity contribution in [1.29, 1.82) is 0 Å². The summed E-state index contributed by atoms with van der Waals surface area (Å²) in [6.07, 6.45) is 3.03. The molecule has 2 unspecified atom stereocenters. The fourth-order valence-electron chi connectivity index (χ4n) is 2.37. The highest BCUT2D eigenvalue weighted by atomic mass is 79.9. The van der Waals surface area contributed by atoms with Crippen LogP contribution in [0, 0.1) is 5.92 Å². The summed E-state index contributed by atoms with van der Waals surface area (Å²) >= 11 is 9.88. The molecule has 2 rings (SSSR count). The number of ether oxygens (including phenoxy) is 1. The van der Waals surface area contributed by atoms with Crippen molar-refractivity contribution in [1.82, 2.24) is 0 Å². The van der Waals surface area contributed by atoms with Crippen LogP contribution in [0.2, 0.25) is 0 Å². The molecule has 0 aromatic heterocycles. The Labute approximate surface area is 117 Å². The van der Waals surface area contributed by atoms with Crippen LogP contribution < -0.4 is 4.74 Å². The monoisotopic (exact) mass is 316 g/mol. The summed E-state index contributed by atoms with van der Waals surface area (Å²) in [4.78, 5) is 0. The summed E-state index contributed by atoms with van der Waals surface area (Å²) in [5.41, 5.74) is 2.61. The van der Waals surface area contributed by atoms with Gasteiger partial charge in [0, 0.05) is 16.3 Å². The van der Waals surface area contributed by atoms with E-state index < -0.39 is 0 Å². The molecule has 1 aliphatic heterocycles. The molecule has 1 aromatic rings. The Balaban J connectivity index is 2.21. The molecule has 1 heterocycles. The van der Waals surface area contributed by atoms with Gasteiger partial charge in [-0.25, -0.2) is 0 Å². The number of benzene rings is 1. The van der Waals surface area contributed by atoms with Gasteiger partial charge < -0.3 is 4.74 Å². The molecular formula is C14H18BrClO. The molecule has 0 aliphatic carbocycles. The van der Waals surface area contributed by atoms with Crippen LogP contribution in [0.3, 0.4) is 0 Å². The molecule has 0 saturated carbocycles. The summed E-state index contributed by atoms with van der Waals surface area (Å²) in [6, 6.07) is 4.33. The van der Waals surface area contributed by atoms with Gasteiger partial charge in [-0.2, -0.15) is 0 Å². The lowest BCUT2D eigenvalue weighted by Gasteiger charge is -2.18. The normalized spacial score (nSPS) is 17.4. The first-order valence-electron chi connectivity index (χ1n) is 6.20. The van der Waals surface area contributed by atoms with Gasteiger partial charge in [0.15, 0.2) is 0 Å².